The molecule has 0 saturated heterocycles. The van der Waals surface area contributed by atoms with E-state index in [-0.39, 0.29) is 17.1 Å². The first kappa shape index (κ1) is 16.0. The molecule has 1 N–H and O–H groups in total. The maximum atomic E-state index is 11.7. The van der Waals surface area contributed by atoms with Crippen molar-refractivity contribution in [3.05, 3.63) is 20.2 Å². The molecule has 2 rings (SSSR count). The van der Waals surface area contributed by atoms with Gasteiger partial charge in [-0.05, 0) is 69.6 Å². The van der Waals surface area contributed by atoms with Crippen LogP contribution in [0.25, 0.3) is 0 Å². The van der Waals surface area contributed by atoms with Gasteiger partial charge in [0.2, 0.25) is 0 Å². The number of benzene rings is 1. The molecule has 1 saturated carbocycles. The molecule has 0 amide bonds. The fourth-order valence-corrected chi connectivity index (χ4v) is 3.46. The Morgan fingerprint density at radius 2 is 2.20 bits per heavy atom. The van der Waals surface area contributed by atoms with E-state index in [1.54, 1.807) is 13.2 Å². The second-order valence-corrected chi connectivity index (χ2v) is 6.82. The molecule has 7 heteroatoms. The summed E-state index contributed by atoms with van der Waals surface area (Å²) in [6.07, 6.45) is 2.87. The number of methoxy groups -OCH3 is 1. The lowest BCUT2D eigenvalue weighted by atomic mass is 9.86. The highest BCUT2D eigenvalue weighted by Gasteiger charge is 2.27. The predicted molar refractivity (Wildman–Crippen MR) is 93.1 cm³/mol. The van der Waals surface area contributed by atoms with Gasteiger partial charge in [0.05, 0.1) is 23.2 Å². The summed E-state index contributed by atoms with van der Waals surface area (Å²) in [6.45, 7) is 0. The zero-order chi connectivity index (χ0) is 14.7. The minimum atomic E-state index is -0.243. The van der Waals surface area contributed by atoms with Crippen LogP contribution in [0.15, 0.2) is 16.6 Å². The van der Waals surface area contributed by atoms with Crippen LogP contribution in [0.4, 0.5) is 5.69 Å². The monoisotopic (exact) mass is 469 g/mol. The average molecular weight is 470 g/mol. The van der Waals surface area contributed by atoms with Gasteiger partial charge in [-0.3, -0.25) is 4.79 Å². The number of ether oxygens (including phenoxy) is 2. The van der Waals surface area contributed by atoms with Crippen LogP contribution in [-0.4, -0.2) is 18.3 Å². The van der Waals surface area contributed by atoms with Gasteiger partial charge in [0.1, 0.15) is 5.75 Å². The van der Waals surface area contributed by atoms with Crippen molar-refractivity contribution < 1.29 is 14.3 Å². The lowest BCUT2D eigenvalue weighted by Crippen LogP contribution is -2.28. The topological polar surface area (TPSA) is 47.6 Å². The first-order valence-corrected chi connectivity index (χ1v) is 8.35. The molecule has 1 fully saturated rings. The van der Waals surface area contributed by atoms with Gasteiger partial charge in [0.25, 0.3) is 5.17 Å². The molecule has 0 bridgehead atoms. The SMILES string of the molecule is COc1cc(NC(=S)OC(=O)C2CCC2)c(I)cc1Br. The molecule has 108 valence electrons. The number of carbonyl (C=O) groups is 1. The molecule has 1 aromatic rings. The fraction of sp³-hybridized carbons (Fsp3) is 0.385. The standard InChI is InChI=1S/C13H13BrINO3S/c1-18-11-6-10(9(15)5-8(11)14)16-13(20)19-12(17)7-3-2-4-7/h5-7H,2-4H2,1H3,(H,16,20). The summed E-state index contributed by atoms with van der Waals surface area (Å²) < 4.78 is 12.2. The summed E-state index contributed by atoms with van der Waals surface area (Å²) in [5.74, 6) is 0.446. The van der Waals surface area contributed by atoms with Crippen LogP contribution in [0.3, 0.4) is 0 Å². The number of anilines is 1. The lowest BCUT2D eigenvalue weighted by molar-refractivity contribution is -0.142. The number of carbonyl (C=O) groups excluding carboxylic acids is 1. The van der Waals surface area contributed by atoms with E-state index < -0.39 is 0 Å². The van der Waals surface area contributed by atoms with Crippen molar-refractivity contribution in [2.45, 2.75) is 19.3 Å². The summed E-state index contributed by atoms with van der Waals surface area (Å²) in [5, 5.41) is 3.00. The molecule has 4 nitrogen and oxygen atoms in total. The molecule has 1 aliphatic carbocycles. The summed E-state index contributed by atoms with van der Waals surface area (Å²) in [4.78, 5) is 11.7. The van der Waals surface area contributed by atoms with Gasteiger partial charge >= 0.3 is 5.97 Å². The number of nitrogens with one attached hydrogen (secondary N) is 1. The number of halogens is 2. The van der Waals surface area contributed by atoms with Crippen molar-refractivity contribution >= 4 is 67.6 Å². The van der Waals surface area contributed by atoms with E-state index in [9.17, 15) is 4.79 Å². The van der Waals surface area contributed by atoms with Crippen LogP contribution in [0.1, 0.15) is 19.3 Å². The average Bonchev–Trinajstić information content (AvgIpc) is 2.30. The van der Waals surface area contributed by atoms with Gasteiger partial charge in [0.15, 0.2) is 0 Å². The normalized spacial score (nSPS) is 14.3. The van der Waals surface area contributed by atoms with E-state index >= 15 is 0 Å². The van der Waals surface area contributed by atoms with Crippen molar-refractivity contribution in [1.82, 2.24) is 0 Å². The van der Waals surface area contributed by atoms with Crippen LogP contribution in [-0.2, 0) is 9.53 Å². The molecule has 0 heterocycles. The summed E-state index contributed by atoms with van der Waals surface area (Å²) >= 11 is 10.6. The van der Waals surface area contributed by atoms with E-state index in [1.807, 2.05) is 6.07 Å². The Morgan fingerprint density at radius 1 is 1.50 bits per heavy atom. The molecule has 1 aliphatic rings. The van der Waals surface area contributed by atoms with E-state index in [1.165, 1.54) is 0 Å². The van der Waals surface area contributed by atoms with Crippen LogP contribution < -0.4 is 10.1 Å². The van der Waals surface area contributed by atoms with Gasteiger partial charge in [-0.15, -0.1) is 0 Å². The zero-order valence-electron chi connectivity index (χ0n) is 10.7. The van der Waals surface area contributed by atoms with Crippen molar-refractivity contribution in [2.24, 2.45) is 5.92 Å². The van der Waals surface area contributed by atoms with Crippen LogP contribution in [0.2, 0.25) is 0 Å². The molecule has 20 heavy (non-hydrogen) atoms. The molecular formula is C13H13BrINO3S. The molecule has 0 aromatic heterocycles. The van der Waals surface area contributed by atoms with Crippen molar-refractivity contribution in [3.8, 4) is 5.75 Å². The maximum absolute atomic E-state index is 11.7. The van der Waals surface area contributed by atoms with Crippen molar-refractivity contribution in [1.29, 1.82) is 0 Å². The minimum absolute atomic E-state index is 0.00766. The minimum Gasteiger partial charge on any atom is -0.495 e. The van der Waals surface area contributed by atoms with Crippen molar-refractivity contribution in [3.63, 3.8) is 0 Å². The second kappa shape index (κ2) is 7.04. The lowest BCUT2D eigenvalue weighted by Gasteiger charge is -2.23. The van der Waals surface area contributed by atoms with Crippen molar-refractivity contribution in [2.75, 3.05) is 12.4 Å². The van der Waals surface area contributed by atoms with Crippen LogP contribution in [0.5, 0.6) is 5.75 Å². The summed E-state index contributed by atoms with van der Waals surface area (Å²) in [6, 6.07) is 3.70. The first-order valence-electron chi connectivity index (χ1n) is 6.07. The Morgan fingerprint density at radius 3 is 2.75 bits per heavy atom. The van der Waals surface area contributed by atoms with Crippen LogP contribution >= 0.6 is 50.7 Å². The number of esters is 1. The molecular weight excluding hydrogens is 457 g/mol. The molecule has 1 aromatic carbocycles. The zero-order valence-corrected chi connectivity index (χ0v) is 15.3. The third-order valence-corrected chi connectivity index (χ3v) is 4.81. The molecule has 0 spiro atoms. The Hall–Kier alpha value is -0.410. The molecule has 0 unspecified atom stereocenters. The third kappa shape index (κ3) is 3.82. The maximum Gasteiger partial charge on any atom is 0.316 e. The molecule has 0 aliphatic heterocycles. The van der Waals surface area contributed by atoms with E-state index in [0.29, 0.717) is 5.75 Å². The van der Waals surface area contributed by atoms with E-state index in [0.717, 1.165) is 33.0 Å². The number of rotatable bonds is 3. The van der Waals surface area contributed by atoms with E-state index in [2.05, 4.69) is 43.8 Å². The Balaban J connectivity index is 2.01. The van der Waals surface area contributed by atoms with Gasteiger partial charge in [-0.1, -0.05) is 6.42 Å². The fourth-order valence-electron chi connectivity index (χ4n) is 1.74. The summed E-state index contributed by atoms with van der Waals surface area (Å²) in [5.41, 5.74) is 0.747. The highest BCUT2D eigenvalue weighted by molar-refractivity contribution is 14.1. The number of thiocarbonyl (C=S) groups is 1. The third-order valence-electron chi connectivity index (χ3n) is 3.11. The first-order chi connectivity index (χ1) is 9.51. The van der Waals surface area contributed by atoms with Gasteiger partial charge in [0, 0.05) is 9.64 Å². The Kier molecular flexibility index (Phi) is 5.62. The van der Waals surface area contributed by atoms with Gasteiger partial charge in [-0.25, -0.2) is 0 Å². The number of hydrogen-bond donors (Lipinski definition) is 1. The van der Waals surface area contributed by atoms with Gasteiger partial charge < -0.3 is 14.8 Å². The highest BCUT2D eigenvalue weighted by atomic mass is 127. The second-order valence-electron chi connectivity index (χ2n) is 4.43. The Labute approximate surface area is 144 Å². The van der Waals surface area contributed by atoms with E-state index in [4.69, 9.17) is 21.7 Å². The van der Waals surface area contributed by atoms with Crippen LogP contribution in [0, 0.1) is 9.49 Å². The van der Waals surface area contributed by atoms with Gasteiger partial charge in [-0.2, -0.15) is 0 Å². The predicted octanol–water partition coefficient (Wildman–Crippen LogP) is 4.10. The molecule has 0 atom stereocenters. The smallest absolute Gasteiger partial charge is 0.316 e. The molecule has 0 radical (unpaired) electrons. The quantitative estimate of drug-likeness (QED) is 0.410. The Bertz CT molecular complexity index is 549. The summed E-state index contributed by atoms with van der Waals surface area (Å²) in [7, 11) is 1.59. The largest absolute Gasteiger partial charge is 0.495 e. The number of hydrogen-bond acceptors (Lipinski definition) is 4. The highest BCUT2D eigenvalue weighted by Crippen LogP contribution is 2.32.